The summed E-state index contributed by atoms with van der Waals surface area (Å²) in [5, 5.41) is 10.6. The molecule has 2 atom stereocenters. The Morgan fingerprint density at radius 1 is 1.16 bits per heavy atom. The van der Waals surface area contributed by atoms with Gasteiger partial charge in [0.05, 0.1) is 5.02 Å². The molecule has 0 spiro atoms. The molecule has 1 aromatic carbocycles. The number of nitrogens with one attached hydrogen (secondary N) is 1. The summed E-state index contributed by atoms with van der Waals surface area (Å²) in [6, 6.07) is 2.43. The summed E-state index contributed by atoms with van der Waals surface area (Å²) in [6.07, 6.45) is 3.42. The van der Waals surface area contributed by atoms with Gasteiger partial charge in [0.2, 0.25) is 0 Å². The fraction of sp³-hybridized carbons (Fsp3) is 0.680. The van der Waals surface area contributed by atoms with E-state index in [9.17, 15) is 17.6 Å². The van der Waals surface area contributed by atoms with Gasteiger partial charge in [-0.15, -0.1) is 0 Å². The van der Waals surface area contributed by atoms with E-state index in [-0.39, 0.29) is 22.7 Å². The minimum Gasteiger partial charge on any atom is -0.396 e. The summed E-state index contributed by atoms with van der Waals surface area (Å²) < 4.78 is 54.3. The van der Waals surface area contributed by atoms with Crippen molar-refractivity contribution in [2.24, 2.45) is 11.3 Å². The fourth-order valence-corrected chi connectivity index (χ4v) is 4.25. The number of benzene rings is 1. The number of rotatable bonds is 11. The quantitative estimate of drug-likeness (QED) is 0.313. The zero-order valence-corrected chi connectivity index (χ0v) is 20.5. The predicted molar refractivity (Wildman–Crippen MR) is 125 cm³/mol. The van der Waals surface area contributed by atoms with Crippen LogP contribution in [0.15, 0.2) is 18.7 Å². The first-order valence-corrected chi connectivity index (χ1v) is 12.0. The maximum absolute atomic E-state index is 14.7. The van der Waals surface area contributed by atoms with Crippen molar-refractivity contribution in [2.75, 3.05) is 6.61 Å². The molecule has 2 N–H and O–H groups in total. The fourth-order valence-electron chi connectivity index (χ4n) is 3.99. The van der Waals surface area contributed by atoms with Crippen molar-refractivity contribution in [1.29, 1.82) is 0 Å². The Bertz CT molecular complexity index is 729. The van der Waals surface area contributed by atoms with Crippen molar-refractivity contribution in [2.45, 2.75) is 91.3 Å². The van der Waals surface area contributed by atoms with Gasteiger partial charge in [-0.3, -0.25) is 0 Å². The smallest absolute Gasteiger partial charge is 0.396 e. The minimum absolute atomic E-state index is 0.0657. The van der Waals surface area contributed by atoms with E-state index in [1.165, 1.54) is 6.07 Å². The third kappa shape index (κ3) is 7.95. The highest BCUT2D eigenvalue weighted by molar-refractivity contribution is 6.31. The van der Waals surface area contributed by atoms with Crippen LogP contribution in [0.2, 0.25) is 5.02 Å². The maximum atomic E-state index is 14.7. The minimum atomic E-state index is -4.86. The van der Waals surface area contributed by atoms with Crippen molar-refractivity contribution >= 4 is 17.3 Å². The van der Waals surface area contributed by atoms with Crippen LogP contribution in [0.4, 0.5) is 17.6 Å². The highest BCUT2D eigenvalue weighted by Crippen LogP contribution is 2.52. The highest BCUT2D eigenvalue weighted by atomic mass is 35.5. The number of hydrogen-bond acceptors (Lipinski definition) is 2. The first kappa shape index (κ1) is 28.8. The van der Waals surface area contributed by atoms with Crippen molar-refractivity contribution in [3.63, 3.8) is 0 Å². The van der Waals surface area contributed by atoms with E-state index >= 15 is 0 Å². The van der Waals surface area contributed by atoms with Crippen LogP contribution in [0.25, 0.3) is 5.70 Å². The molecule has 1 saturated carbocycles. The number of halogens is 5. The molecule has 0 saturated heterocycles. The van der Waals surface area contributed by atoms with E-state index < -0.39 is 22.6 Å². The van der Waals surface area contributed by atoms with E-state index in [0.717, 1.165) is 57.4 Å². The summed E-state index contributed by atoms with van der Waals surface area (Å²) in [4.78, 5) is 0. The molecular weight excluding hydrogens is 442 g/mol. The van der Waals surface area contributed by atoms with Gasteiger partial charge < -0.3 is 10.4 Å². The second kappa shape index (κ2) is 12.8. The van der Waals surface area contributed by atoms with Gasteiger partial charge in [-0.25, -0.2) is 4.39 Å². The van der Waals surface area contributed by atoms with Crippen LogP contribution in [0.5, 0.6) is 0 Å². The average molecular weight is 480 g/mol. The Morgan fingerprint density at radius 3 is 2.19 bits per heavy atom. The monoisotopic (exact) mass is 479 g/mol. The van der Waals surface area contributed by atoms with E-state index in [1.807, 2.05) is 6.92 Å². The lowest BCUT2D eigenvalue weighted by molar-refractivity contribution is -0.139. The Balaban J connectivity index is 0.00000118. The van der Waals surface area contributed by atoms with Gasteiger partial charge in [0.15, 0.2) is 0 Å². The van der Waals surface area contributed by atoms with Crippen LogP contribution in [0, 0.1) is 17.2 Å². The van der Waals surface area contributed by atoms with Crippen molar-refractivity contribution in [3.05, 3.63) is 40.7 Å². The first-order chi connectivity index (χ1) is 15.0. The maximum Gasteiger partial charge on any atom is 0.420 e. The number of unbranched alkanes of at least 4 members (excludes halogenated alkanes) is 1. The Hall–Kier alpha value is -1.27. The molecule has 0 amide bonds. The van der Waals surface area contributed by atoms with E-state index in [4.69, 9.17) is 16.7 Å². The normalized spacial score (nSPS) is 16.6. The van der Waals surface area contributed by atoms with Crippen LogP contribution < -0.4 is 5.32 Å². The molecule has 0 heterocycles. The van der Waals surface area contributed by atoms with Crippen molar-refractivity contribution in [1.82, 2.24) is 5.32 Å². The molecule has 2 rings (SSSR count). The third-order valence-corrected chi connectivity index (χ3v) is 6.42. The van der Waals surface area contributed by atoms with Crippen LogP contribution in [-0.2, 0) is 6.18 Å². The molecule has 0 aromatic heterocycles. The lowest BCUT2D eigenvalue weighted by Crippen LogP contribution is -2.41. The summed E-state index contributed by atoms with van der Waals surface area (Å²) in [5.41, 5.74) is -1.33. The molecule has 2 unspecified atom stereocenters. The Kier molecular flexibility index (Phi) is 11.5. The topological polar surface area (TPSA) is 32.3 Å². The predicted octanol–water partition coefficient (Wildman–Crippen LogP) is 8.22. The molecule has 1 aromatic rings. The van der Waals surface area contributed by atoms with Crippen LogP contribution >= 0.6 is 11.6 Å². The zero-order chi connectivity index (χ0) is 24.5. The molecule has 0 radical (unpaired) electrons. The summed E-state index contributed by atoms with van der Waals surface area (Å²) in [7, 11) is 0. The first-order valence-electron chi connectivity index (χ1n) is 11.6. The van der Waals surface area contributed by atoms with Crippen molar-refractivity contribution in [3.8, 4) is 0 Å². The summed E-state index contributed by atoms with van der Waals surface area (Å²) in [6.45, 7) is 12.6. The molecule has 1 aliphatic rings. The standard InChI is InChI=1S/C22H30ClF4N.C3H8O/c1-5-7-9-15(8-6-2)20(21(4)12-13-21)28-14(3)16-10-11-17(23)18(19(16)24)22(25,26)27;1-2-3-4/h10-11,15,20,28H,3,5-9,12-13H2,1-2,4H3;4H,2-3H2,1H3. The lowest BCUT2D eigenvalue weighted by Gasteiger charge is -2.35. The van der Waals surface area contributed by atoms with Gasteiger partial charge in [-0.1, -0.05) is 65.1 Å². The summed E-state index contributed by atoms with van der Waals surface area (Å²) in [5.74, 6) is -0.982. The molecule has 7 heteroatoms. The largest absolute Gasteiger partial charge is 0.420 e. The number of hydrogen-bond donors (Lipinski definition) is 2. The van der Waals surface area contributed by atoms with Crippen LogP contribution in [-0.4, -0.2) is 17.8 Å². The van der Waals surface area contributed by atoms with Gasteiger partial charge in [0.25, 0.3) is 0 Å². The van der Waals surface area contributed by atoms with Crippen molar-refractivity contribution < 1.29 is 22.7 Å². The Labute approximate surface area is 195 Å². The molecule has 184 valence electrons. The van der Waals surface area contributed by atoms with E-state index in [0.29, 0.717) is 12.5 Å². The van der Waals surface area contributed by atoms with Gasteiger partial charge in [-0.2, -0.15) is 13.2 Å². The lowest BCUT2D eigenvalue weighted by atomic mass is 9.80. The van der Waals surface area contributed by atoms with Crippen LogP contribution in [0.1, 0.15) is 90.2 Å². The number of alkyl halides is 3. The molecule has 32 heavy (non-hydrogen) atoms. The number of aliphatic hydroxyl groups is 1. The zero-order valence-electron chi connectivity index (χ0n) is 19.7. The van der Waals surface area contributed by atoms with Gasteiger partial charge in [-0.05, 0) is 55.6 Å². The van der Waals surface area contributed by atoms with Crippen LogP contribution in [0.3, 0.4) is 0 Å². The molecular formula is C25H38ClF4NO. The molecule has 1 fully saturated rings. The molecule has 2 nitrogen and oxygen atoms in total. The third-order valence-electron chi connectivity index (χ3n) is 6.10. The summed E-state index contributed by atoms with van der Waals surface area (Å²) >= 11 is 5.62. The number of aliphatic hydroxyl groups excluding tert-OH is 1. The van der Waals surface area contributed by atoms with Gasteiger partial charge >= 0.3 is 6.18 Å². The second-order valence-corrected chi connectivity index (χ2v) is 9.36. The molecule has 0 aliphatic heterocycles. The Morgan fingerprint density at radius 2 is 1.75 bits per heavy atom. The van der Waals surface area contributed by atoms with E-state index in [2.05, 4.69) is 32.7 Å². The van der Waals surface area contributed by atoms with Gasteiger partial charge in [0, 0.05) is 23.9 Å². The highest BCUT2D eigenvalue weighted by Gasteiger charge is 2.48. The molecule has 1 aliphatic carbocycles. The molecule has 0 bridgehead atoms. The van der Waals surface area contributed by atoms with Gasteiger partial charge in [0.1, 0.15) is 11.4 Å². The van der Waals surface area contributed by atoms with E-state index in [1.54, 1.807) is 0 Å². The average Bonchev–Trinajstić information content (AvgIpc) is 3.46. The SMILES string of the molecule is C=C(NC(C(CCC)CCCC)C1(C)CC1)c1ccc(Cl)c(C(F)(F)F)c1F.CCCO. The second-order valence-electron chi connectivity index (χ2n) is 8.95.